The van der Waals surface area contributed by atoms with E-state index in [0.717, 1.165) is 0 Å². The van der Waals surface area contributed by atoms with E-state index in [9.17, 15) is 0 Å². The molecule has 0 radical (unpaired) electrons. The van der Waals surface area contributed by atoms with Crippen LogP contribution >= 0.6 is 20.6 Å². The summed E-state index contributed by atoms with van der Waals surface area (Å²) in [6.45, 7) is 2.15. The van der Waals surface area contributed by atoms with Gasteiger partial charge in [0, 0.05) is 23.6 Å². The fourth-order valence-corrected chi connectivity index (χ4v) is 2.50. The minimum Gasteiger partial charge on any atom is -0.377 e. The van der Waals surface area contributed by atoms with E-state index in [1.54, 1.807) is 0 Å². The van der Waals surface area contributed by atoms with Crippen molar-refractivity contribution < 1.29 is 0 Å². The summed E-state index contributed by atoms with van der Waals surface area (Å²) in [6.07, 6.45) is 0. The SMILES string of the molecule is Cc1sc(P)cc1N(C)C. The maximum atomic E-state index is 2.72. The fourth-order valence-electron chi connectivity index (χ4n) is 0.939. The zero-order chi connectivity index (χ0) is 7.72. The van der Waals surface area contributed by atoms with Crippen molar-refractivity contribution in [1.29, 1.82) is 0 Å². The van der Waals surface area contributed by atoms with Gasteiger partial charge in [-0.05, 0) is 13.0 Å². The minimum atomic E-state index is 1.31. The summed E-state index contributed by atoms with van der Waals surface area (Å²) >= 11 is 1.82. The fraction of sp³-hybridized carbons (Fsp3) is 0.429. The van der Waals surface area contributed by atoms with E-state index in [1.165, 1.54) is 15.2 Å². The molecule has 0 aliphatic rings. The van der Waals surface area contributed by atoms with Crippen LogP contribution in [0.2, 0.25) is 0 Å². The first-order valence-electron chi connectivity index (χ1n) is 3.14. The van der Waals surface area contributed by atoms with Gasteiger partial charge in [0.05, 0.1) is 5.69 Å². The van der Waals surface area contributed by atoms with Gasteiger partial charge in [-0.25, -0.2) is 0 Å². The zero-order valence-corrected chi connectivity index (χ0v) is 8.48. The first-order chi connectivity index (χ1) is 4.61. The number of hydrogen-bond acceptors (Lipinski definition) is 2. The van der Waals surface area contributed by atoms with Crippen LogP contribution in [0, 0.1) is 6.92 Å². The van der Waals surface area contributed by atoms with E-state index in [-0.39, 0.29) is 0 Å². The Hall–Kier alpha value is -0.0700. The highest BCUT2D eigenvalue weighted by Crippen LogP contribution is 2.22. The van der Waals surface area contributed by atoms with Gasteiger partial charge in [0.15, 0.2) is 0 Å². The van der Waals surface area contributed by atoms with Crippen LogP contribution in [-0.4, -0.2) is 14.1 Å². The van der Waals surface area contributed by atoms with E-state index in [4.69, 9.17) is 0 Å². The van der Waals surface area contributed by atoms with Crippen LogP contribution in [0.5, 0.6) is 0 Å². The molecule has 10 heavy (non-hydrogen) atoms. The molecule has 1 atom stereocenters. The van der Waals surface area contributed by atoms with E-state index in [0.29, 0.717) is 0 Å². The summed E-state index contributed by atoms with van der Waals surface area (Å²) in [5.41, 5.74) is 1.33. The van der Waals surface area contributed by atoms with Crippen molar-refractivity contribution in [2.45, 2.75) is 6.92 Å². The number of anilines is 1. The lowest BCUT2D eigenvalue weighted by molar-refractivity contribution is 1.13. The molecule has 56 valence electrons. The average molecular weight is 173 g/mol. The smallest absolute Gasteiger partial charge is 0.0505 e. The van der Waals surface area contributed by atoms with Crippen molar-refractivity contribution in [3.05, 3.63) is 10.9 Å². The van der Waals surface area contributed by atoms with E-state index >= 15 is 0 Å². The lowest BCUT2D eigenvalue weighted by Gasteiger charge is -2.10. The third-order valence-corrected chi connectivity index (χ3v) is 2.78. The van der Waals surface area contributed by atoms with Gasteiger partial charge >= 0.3 is 0 Å². The Morgan fingerprint density at radius 3 is 2.30 bits per heavy atom. The Morgan fingerprint density at radius 2 is 2.10 bits per heavy atom. The van der Waals surface area contributed by atoms with Crippen LogP contribution in [0.4, 0.5) is 5.69 Å². The first-order valence-corrected chi connectivity index (χ1v) is 4.54. The van der Waals surface area contributed by atoms with Crippen molar-refractivity contribution in [2.24, 2.45) is 0 Å². The van der Waals surface area contributed by atoms with Crippen LogP contribution < -0.4 is 9.52 Å². The molecule has 1 aromatic heterocycles. The normalized spacial score (nSPS) is 10.0. The highest BCUT2D eigenvalue weighted by molar-refractivity contribution is 7.43. The molecule has 1 aromatic rings. The molecule has 1 heterocycles. The zero-order valence-electron chi connectivity index (χ0n) is 6.51. The van der Waals surface area contributed by atoms with Crippen LogP contribution in [0.1, 0.15) is 4.88 Å². The largest absolute Gasteiger partial charge is 0.377 e. The van der Waals surface area contributed by atoms with Crippen LogP contribution in [-0.2, 0) is 0 Å². The third kappa shape index (κ3) is 1.50. The molecular weight excluding hydrogens is 161 g/mol. The molecule has 1 unspecified atom stereocenters. The summed E-state index contributed by atoms with van der Waals surface area (Å²) in [5.74, 6) is 0. The van der Waals surface area contributed by atoms with Crippen LogP contribution in [0.15, 0.2) is 6.07 Å². The lowest BCUT2D eigenvalue weighted by Crippen LogP contribution is -2.08. The standard InChI is InChI=1S/C7H12NPS/c1-5-6(8(2)3)4-7(9)10-5/h4H,9H2,1-3H3. The Balaban J connectivity index is 3.03. The third-order valence-electron chi connectivity index (χ3n) is 1.39. The maximum absolute atomic E-state index is 2.72. The van der Waals surface area contributed by atoms with Crippen LogP contribution in [0.3, 0.4) is 0 Å². The second-order valence-corrected chi connectivity index (χ2v) is 4.81. The highest BCUT2D eigenvalue weighted by atomic mass is 32.1. The summed E-state index contributed by atoms with van der Waals surface area (Å²) in [4.78, 5) is 3.52. The molecule has 0 saturated carbocycles. The van der Waals surface area contributed by atoms with Crippen molar-refractivity contribution >= 4 is 30.9 Å². The van der Waals surface area contributed by atoms with Crippen molar-refractivity contribution in [2.75, 3.05) is 19.0 Å². The second-order valence-electron chi connectivity index (χ2n) is 2.48. The van der Waals surface area contributed by atoms with Gasteiger partial charge in [-0.3, -0.25) is 0 Å². The number of hydrogen-bond donors (Lipinski definition) is 0. The van der Waals surface area contributed by atoms with Gasteiger partial charge in [-0.15, -0.1) is 11.3 Å². The molecule has 0 N–H and O–H groups in total. The lowest BCUT2D eigenvalue weighted by atomic mass is 10.4. The monoisotopic (exact) mass is 173 g/mol. The molecule has 3 heteroatoms. The van der Waals surface area contributed by atoms with E-state index in [2.05, 4.69) is 41.2 Å². The first kappa shape index (κ1) is 8.03. The Kier molecular flexibility index (Phi) is 2.32. The summed E-state index contributed by atoms with van der Waals surface area (Å²) in [7, 11) is 6.86. The van der Waals surface area contributed by atoms with Crippen LogP contribution in [0.25, 0.3) is 0 Å². The molecule has 0 aliphatic carbocycles. The molecule has 0 amide bonds. The van der Waals surface area contributed by atoms with Gasteiger partial charge in [0.2, 0.25) is 0 Å². The number of nitrogens with zero attached hydrogens (tertiary/aromatic N) is 1. The Bertz CT molecular complexity index is 230. The predicted molar refractivity (Wildman–Crippen MR) is 52.7 cm³/mol. The maximum Gasteiger partial charge on any atom is 0.0505 e. The molecule has 0 aromatic carbocycles. The number of rotatable bonds is 1. The van der Waals surface area contributed by atoms with Crippen molar-refractivity contribution in [3.63, 3.8) is 0 Å². The van der Waals surface area contributed by atoms with E-state index < -0.39 is 0 Å². The van der Waals surface area contributed by atoms with Gasteiger partial charge in [0.25, 0.3) is 0 Å². The van der Waals surface area contributed by atoms with Gasteiger partial charge in [0.1, 0.15) is 0 Å². The molecule has 0 aliphatic heterocycles. The molecular formula is C7H12NPS. The van der Waals surface area contributed by atoms with Crippen molar-refractivity contribution in [3.8, 4) is 0 Å². The van der Waals surface area contributed by atoms with Gasteiger partial charge in [-0.2, -0.15) is 0 Å². The predicted octanol–water partition coefficient (Wildman–Crippen LogP) is 1.62. The quantitative estimate of drug-likeness (QED) is 0.583. The van der Waals surface area contributed by atoms with Gasteiger partial charge in [-0.1, -0.05) is 9.24 Å². The van der Waals surface area contributed by atoms with E-state index in [1.807, 2.05) is 11.3 Å². The minimum absolute atomic E-state index is 1.31. The summed E-state index contributed by atoms with van der Waals surface area (Å²) in [5, 5.41) is 0. The number of aryl methyl sites for hydroxylation is 1. The molecule has 0 fully saturated rings. The molecule has 1 nitrogen and oxygen atoms in total. The average Bonchev–Trinajstić information content (AvgIpc) is 2.10. The Labute approximate surface area is 68.3 Å². The molecule has 0 spiro atoms. The van der Waals surface area contributed by atoms with Gasteiger partial charge < -0.3 is 4.90 Å². The molecule has 0 saturated heterocycles. The summed E-state index contributed by atoms with van der Waals surface area (Å²) in [6, 6.07) is 2.19. The molecule has 1 rings (SSSR count). The Morgan fingerprint density at radius 1 is 1.50 bits per heavy atom. The van der Waals surface area contributed by atoms with Crippen molar-refractivity contribution in [1.82, 2.24) is 0 Å². The number of thiophene rings is 1. The second kappa shape index (κ2) is 2.89. The molecule has 0 bridgehead atoms. The summed E-state index contributed by atoms with van der Waals surface area (Å²) < 4.78 is 1.31. The highest BCUT2D eigenvalue weighted by Gasteiger charge is 2.02. The topological polar surface area (TPSA) is 3.24 Å².